The van der Waals surface area contributed by atoms with Gasteiger partial charge >= 0.3 is 0 Å². The van der Waals surface area contributed by atoms with Crippen LogP contribution >= 0.6 is 22.9 Å². The van der Waals surface area contributed by atoms with E-state index in [2.05, 4.69) is 10.00 Å². The number of rotatable bonds is 4. The second-order valence-electron chi connectivity index (χ2n) is 6.92. The van der Waals surface area contributed by atoms with Crippen molar-refractivity contribution in [3.63, 3.8) is 0 Å². The molecule has 1 amide bonds. The summed E-state index contributed by atoms with van der Waals surface area (Å²) in [5, 5.41) is 7.11. The fraction of sp³-hybridized carbons (Fsp3) is 0.286. The third-order valence-electron chi connectivity index (χ3n) is 5.11. The molecule has 1 saturated heterocycles. The van der Waals surface area contributed by atoms with Crippen LogP contribution in [0.2, 0.25) is 5.02 Å². The normalized spacial score (nSPS) is 15.4. The summed E-state index contributed by atoms with van der Waals surface area (Å²) in [7, 11) is 0. The maximum atomic E-state index is 13.0. The Bertz CT molecular complexity index is 1060. The Labute approximate surface area is 177 Å². The molecule has 1 fully saturated rings. The fourth-order valence-electron chi connectivity index (χ4n) is 3.50. The summed E-state index contributed by atoms with van der Waals surface area (Å²) in [5.74, 6) is -0.0956. The molecular formula is C21H21ClN4O2S. The van der Waals surface area contributed by atoms with Gasteiger partial charge < -0.3 is 9.80 Å². The summed E-state index contributed by atoms with van der Waals surface area (Å²) in [4.78, 5) is 30.3. The molecule has 1 atom stereocenters. The molecule has 0 N–H and O–H groups in total. The van der Waals surface area contributed by atoms with E-state index in [-0.39, 0.29) is 11.5 Å². The first kappa shape index (κ1) is 19.7. The van der Waals surface area contributed by atoms with Gasteiger partial charge in [0, 0.05) is 32.2 Å². The van der Waals surface area contributed by atoms with E-state index in [0.29, 0.717) is 36.9 Å². The number of benzene rings is 1. The highest BCUT2D eigenvalue weighted by Gasteiger charge is 2.27. The predicted octanol–water partition coefficient (Wildman–Crippen LogP) is 3.54. The van der Waals surface area contributed by atoms with Gasteiger partial charge in [-0.15, -0.1) is 11.3 Å². The molecule has 0 saturated carbocycles. The monoisotopic (exact) mass is 428 g/mol. The average Bonchev–Trinajstić information content (AvgIpc) is 3.28. The Morgan fingerprint density at radius 2 is 1.83 bits per heavy atom. The summed E-state index contributed by atoms with van der Waals surface area (Å²) in [6, 6.07) is 14.1. The van der Waals surface area contributed by atoms with E-state index in [4.69, 9.17) is 11.6 Å². The van der Waals surface area contributed by atoms with Gasteiger partial charge in [0.1, 0.15) is 11.7 Å². The minimum absolute atomic E-state index is 0.0956. The Morgan fingerprint density at radius 3 is 2.52 bits per heavy atom. The second-order valence-corrected chi connectivity index (χ2v) is 8.27. The number of nitrogens with zero attached hydrogens (tertiary/aromatic N) is 4. The first-order chi connectivity index (χ1) is 14.0. The number of hydrogen-bond donors (Lipinski definition) is 0. The van der Waals surface area contributed by atoms with Crippen LogP contribution in [0.25, 0.3) is 10.6 Å². The number of anilines is 1. The van der Waals surface area contributed by atoms with Crippen LogP contribution in [0.4, 0.5) is 5.69 Å². The van der Waals surface area contributed by atoms with Crippen molar-refractivity contribution in [2.75, 3.05) is 31.1 Å². The Balaban J connectivity index is 1.47. The second kappa shape index (κ2) is 8.39. The highest BCUT2D eigenvalue weighted by molar-refractivity contribution is 7.13. The van der Waals surface area contributed by atoms with E-state index < -0.39 is 6.04 Å². The maximum Gasteiger partial charge on any atom is 0.267 e. The van der Waals surface area contributed by atoms with Gasteiger partial charge in [0.05, 0.1) is 15.6 Å². The molecule has 1 unspecified atom stereocenters. The molecule has 8 heteroatoms. The molecule has 1 aliphatic rings. The number of para-hydroxylation sites is 1. The summed E-state index contributed by atoms with van der Waals surface area (Å²) in [5.41, 5.74) is 1.40. The Morgan fingerprint density at radius 1 is 1.07 bits per heavy atom. The van der Waals surface area contributed by atoms with Gasteiger partial charge in [-0.05, 0) is 36.6 Å². The van der Waals surface area contributed by atoms with Crippen molar-refractivity contribution >= 4 is 34.5 Å². The van der Waals surface area contributed by atoms with Crippen LogP contribution in [0.3, 0.4) is 0 Å². The van der Waals surface area contributed by atoms with Crippen LogP contribution in [0.1, 0.15) is 13.0 Å². The van der Waals surface area contributed by atoms with Crippen molar-refractivity contribution in [1.29, 1.82) is 0 Å². The van der Waals surface area contributed by atoms with E-state index in [9.17, 15) is 9.59 Å². The number of hydrogen-bond acceptors (Lipinski definition) is 5. The van der Waals surface area contributed by atoms with Crippen molar-refractivity contribution in [2.45, 2.75) is 13.0 Å². The molecule has 3 aromatic rings. The smallest absolute Gasteiger partial charge is 0.267 e. The van der Waals surface area contributed by atoms with Crippen molar-refractivity contribution in [3.05, 3.63) is 69.3 Å². The highest BCUT2D eigenvalue weighted by Crippen LogP contribution is 2.26. The molecule has 0 aliphatic carbocycles. The SMILES string of the molecule is CC(C(=O)N1CCN(c2ccccc2Cl)CC1)n1nc(-c2cccs2)ccc1=O. The lowest BCUT2D eigenvalue weighted by molar-refractivity contribution is -0.135. The van der Waals surface area contributed by atoms with Gasteiger partial charge in [0.15, 0.2) is 0 Å². The highest BCUT2D eigenvalue weighted by atomic mass is 35.5. The third kappa shape index (κ3) is 4.06. The molecule has 6 nitrogen and oxygen atoms in total. The summed E-state index contributed by atoms with van der Waals surface area (Å²) >= 11 is 7.84. The molecule has 1 aromatic carbocycles. The maximum absolute atomic E-state index is 13.0. The lowest BCUT2D eigenvalue weighted by Crippen LogP contribution is -2.51. The van der Waals surface area contributed by atoms with Crippen LogP contribution in [0.15, 0.2) is 58.7 Å². The van der Waals surface area contributed by atoms with Gasteiger partial charge in [-0.3, -0.25) is 9.59 Å². The standard InChI is InChI=1S/C21H21ClN4O2S/c1-15(26-20(27)9-8-17(23-26)19-7-4-14-29-19)21(28)25-12-10-24(11-13-25)18-6-3-2-5-16(18)22/h2-9,14-15H,10-13H2,1H3. The van der Waals surface area contributed by atoms with Crippen molar-refractivity contribution in [1.82, 2.24) is 14.7 Å². The van der Waals surface area contributed by atoms with Gasteiger partial charge in [-0.25, -0.2) is 4.68 Å². The molecule has 2 aromatic heterocycles. The van der Waals surface area contributed by atoms with E-state index in [1.165, 1.54) is 10.7 Å². The van der Waals surface area contributed by atoms with Gasteiger partial charge in [0.25, 0.3) is 5.56 Å². The molecule has 150 valence electrons. The summed E-state index contributed by atoms with van der Waals surface area (Å²) in [6.45, 7) is 4.27. The zero-order valence-corrected chi connectivity index (χ0v) is 17.6. The van der Waals surface area contributed by atoms with E-state index in [0.717, 1.165) is 10.6 Å². The largest absolute Gasteiger partial charge is 0.367 e. The Kier molecular flexibility index (Phi) is 5.69. The minimum atomic E-state index is -0.658. The fourth-order valence-corrected chi connectivity index (χ4v) is 4.45. The first-order valence-corrected chi connectivity index (χ1v) is 10.7. The van der Waals surface area contributed by atoms with E-state index >= 15 is 0 Å². The predicted molar refractivity (Wildman–Crippen MR) is 117 cm³/mol. The molecule has 0 bridgehead atoms. The number of carbonyl (C=O) groups excluding carboxylic acids is 1. The molecule has 0 radical (unpaired) electrons. The topological polar surface area (TPSA) is 58.4 Å². The zero-order chi connectivity index (χ0) is 20.4. The molecule has 1 aliphatic heterocycles. The number of amides is 1. The van der Waals surface area contributed by atoms with Gasteiger partial charge in [-0.2, -0.15) is 5.10 Å². The van der Waals surface area contributed by atoms with Crippen molar-refractivity contribution in [3.8, 4) is 10.6 Å². The average molecular weight is 429 g/mol. The van der Waals surface area contributed by atoms with Gasteiger partial charge in [-0.1, -0.05) is 29.8 Å². The van der Waals surface area contributed by atoms with Gasteiger partial charge in [0.2, 0.25) is 5.91 Å². The Hall–Kier alpha value is -2.64. The third-order valence-corrected chi connectivity index (χ3v) is 6.32. The van der Waals surface area contributed by atoms with Crippen LogP contribution in [-0.2, 0) is 4.79 Å². The number of carbonyl (C=O) groups is 1. The minimum Gasteiger partial charge on any atom is -0.367 e. The van der Waals surface area contributed by atoms with Crippen molar-refractivity contribution in [2.24, 2.45) is 0 Å². The molecule has 4 rings (SSSR count). The number of thiophene rings is 1. The molecule has 29 heavy (non-hydrogen) atoms. The number of piperazine rings is 1. The number of aromatic nitrogens is 2. The first-order valence-electron chi connectivity index (χ1n) is 9.46. The molecule has 3 heterocycles. The molecule has 0 spiro atoms. The number of halogens is 1. The van der Waals surface area contributed by atoms with Crippen molar-refractivity contribution < 1.29 is 4.79 Å². The van der Waals surface area contributed by atoms with Crippen LogP contribution in [0.5, 0.6) is 0 Å². The van der Waals surface area contributed by atoms with Crippen LogP contribution < -0.4 is 10.5 Å². The van der Waals surface area contributed by atoms with E-state index in [1.54, 1.807) is 29.2 Å². The summed E-state index contributed by atoms with van der Waals surface area (Å²) < 4.78 is 1.29. The summed E-state index contributed by atoms with van der Waals surface area (Å²) in [6.07, 6.45) is 0. The van der Waals surface area contributed by atoms with Crippen LogP contribution in [0, 0.1) is 0 Å². The molecular weight excluding hydrogens is 408 g/mol. The van der Waals surface area contributed by atoms with Crippen LogP contribution in [-0.4, -0.2) is 46.8 Å². The lowest BCUT2D eigenvalue weighted by atomic mass is 10.2. The zero-order valence-electron chi connectivity index (χ0n) is 16.0. The lowest BCUT2D eigenvalue weighted by Gasteiger charge is -2.37. The van der Waals surface area contributed by atoms with E-state index in [1.807, 2.05) is 41.8 Å². The quantitative estimate of drug-likeness (QED) is 0.637.